The summed E-state index contributed by atoms with van der Waals surface area (Å²) >= 11 is 5.70. The van der Waals surface area contributed by atoms with E-state index in [9.17, 15) is 18.0 Å². The lowest BCUT2D eigenvalue weighted by Crippen LogP contribution is -2.10. The van der Waals surface area contributed by atoms with E-state index in [4.69, 9.17) is 16.3 Å². The molecule has 0 saturated carbocycles. The summed E-state index contributed by atoms with van der Waals surface area (Å²) in [5, 5.41) is 0.479. The van der Waals surface area contributed by atoms with Gasteiger partial charge in [0.15, 0.2) is 0 Å². The Labute approximate surface area is 123 Å². The zero-order valence-electron chi connectivity index (χ0n) is 10.5. The van der Waals surface area contributed by atoms with E-state index < -0.39 is 11.7 Å². The number of hydrogen-bond acceptors (Lipinski definition) is 3. The fourth-order valence-corrected chi connectivity index (χ4v) is 1.79. The number of carbonyl (C=O) groups is 1. The average Bonchev–Trinajstić information content (AvgIpc) is 2.42. The van der Waals surface area contributed by atoms with E-state index in [0.29, 0.717) is 17.1 Å². The zero-order chi connectivity index (χ0) is 15.5. The molecule has 3 nitrogen and oxygen atoms in total. The minimum Gasteiger partial charge on any atom is -0.439 e. The van der Waals surface area contributed by atoms with E-state index in [1.54, 1.807) is 12.1 Å². The highest BCUT2D eigenvalue weighted by molar-refractivity contribution is 6.30. The highest BCUT2D eigenvalue weighted by atomic mass is 35.5. The number of nitrogens with zero attached hydrogens (tertiary/aromatic N) is 1. The van der Waals surface area contributed by atoms with Gasteiger partial charge in [0, 0.05) is 23.7 Å². The van der Waals surface area contributed by atoms with Crippen LogP contribution in [-0.4, -0.2) is 11.3 Å². The Bertz CT molecular complexity index is 642. The number of alkyl halides is 3. The molecular formula is C14H9ClF3NO2. The van der Waals surface area contributed by atoms with Gasteiger partial charge in [-0.1, -0.05) is 11.6 Å². The second kappa shape index (κ2) is 6.13. The first-order valence-corrected chi connectivity index (χ1v) is 6.21. The Kier molecular flexibility index (Phi) is 4.47. The fourth-order valence-electron chi connectivity index (χ4n) is 1.66. The summed E-state index contributed by atoms with van der Waals surface area (Å²) in [5.74, 6) is 0.0995. The number of ether oxygens (including phenoxy) is 1. The Hall–Kier alpha value is -2.08. The Morgan fingerprint density at radius 1 is 1.24 bits per heavy atom. The van der Waals surface area contributed by atoms with Crippen LogP contribution in [0.2, 0.25) is 5.02 Å². The third kappa shape index (κ3) is 3.95. The minimum absolute atomic E-state index is 0.194. The molecule has 0 bridgehead atoms. The summed E-state index contributed by atoms with van der Waals surface area (Å²) in [4.78, 5) is 14.2. The maximum Gasteiger partial charge on any atom is 0.416 e. The molecule has 1 aromatic heterocycles. The summed E-state index contributed by atoms with van der Waals surface area (Å²) in [6.45, 7) is 0. The molecular weight excluding hydrogens is 307 g/mol. The average molecular weight is 316 g/mol. The van der Waals surface area contributed by atoms with Crippen LogP contribution < -0.4 is 4.74 Å². The van der Waals surface area contributed by atoms with Crippen LogP contribution in [0.25, 0.3) is 0 Å². The van der Waals surface area contributed by atoms with Crippen molar-refractivity contribution in [2.75, 3.05) is 0 Å². The number of halogens is 4. The van der Waals surface area contributed by atoms with E-state index in [1.165, 1.54) is 12.1 Å². The quantitative estimate of drug-likeness (QED) is 0.790. The van der Waals surface area contributed by atoms with E-state index in [-0.39, 0.29) is 17.9 Å². The summed E-state index contributed by atoms with van der Waals surface area (Å²) in [5.41, 5.74) is -1.13. The van der Waals surface area contributed by atoms with Gasteiger partial charge in [0.1, 0.15) is 12.0 Å². The van der Waals surface area contributed by atoms with Gasteiger partial charge in [-0.2, -0.15) is 13.2 Å². The van der Waals surface area contributed by atoms with Gasteiger partial charge in [0.25, 0.3) is 0 Å². The van der Waals surface area contributed by atoms with Crippen molar-refractivity contribution in [1.29, 1.82) is 0 Å². The highest BCUT2D eigenvalue weighted by Gasteiger charge is 2.34. The van der Waals surface area contributed by atoms with Gasteiger partial charge in [0.05, 0.1) is 5.56 Å². The largest absolute Gasteiger partial charge is 0.439 e. The Morgan fingerprint density at radius 2 is 1.90 bits per heavy atom. The van der Waals surface area contributed by atoms with Gasteiger partial charge < -0.3 is 9.53 Å². The predicted molar refractivity (Wildman–Crippen MR) is 70.5 cm³/mol. The van der Waals surface area contributed by atoms with Crippen LogP contribution in [0.5, 0.6) is 11.6 Å². The monoisotopic (exact) mass is 315 g/mol. The first-order valence-electron chi connectivity index (χ1n) is 5.83. The molecule has 0 radical (unpaired) electrons. The van der Waals surface area contributed by atoms with Gasteiger partial charge in [0.2, 0.25) is 5.88 Å². The molecule has 2 aromatic rings. The van der Waals surface area contributed by atoms with E-state index in [2.05, 4.69) is 4.98 Å². The van der Waals surface area contributed by atoms with Crippen molar-refractivity contribution in [3.05, 3.63) is 52.7 Å². The summed E-state index contributed by atoms with van der Waals surface area (Å²) in [6, 6.07) is 6.88. The summed E-state index contributed by atoms with van der Waals surface area (Å²) < 4.78 is 44.0. The van der Waals surface area contributed by atoms with Crippen LogP contribution in [0.1, 0.15) is 11.1 Å². The molecule has 2 rings (SSSR count). The van der Waals surface area contributed by atoms with Crippen LogP contribution in [-0.2, 0) is 17.4 Å². The smallest absolute Gasteiger partial charge is 0.416 e. The van der Waals surface area contributed by atoms with Crippen LogP contribution in [0.4, 0.5) is 13.2 Å². The second-order valence-corrected chi connectivity index (χ2v) is 4.54. The zero-order valence-corrected chi connectivity index (χ0v) is 11.3. The molecule has 7 heteroatoms. The van der Waals surface area contributed by atoms with Crippen LogP contribution >= 0.6 is 11.6 Å². The molecule has 1 heterocycles. The molecule has 0 atom stereocenters. The first-order chi connectivity index (χ1) is 9.90. The number of carbonyl (C=O) groups excluding carboxylic acids is 1. The summed E-state index contributed by atoms with van der Waals surface area (Å²) in [7, 11) is 0. The normalized spacial score (nSPS) is 11.2. The Morgan fingerprint density at radius 3 is 2.48 bits per heavy atom. The van der Waals surface area contributed by atoms with E-state index >= 15 is 0 Å². The fraction of sp³-hybridized carbons (Fsp3) is 0.143. The Balaban J connectivity index is 2.33. The number of hydrogen-bond donors (Lipinski definition) is 0. The first kappa shape index (κ1) is 15.3. The molecule has 1 aromatic carbocycles. The van der Waals surface area contributed by atoms with Crippen LogP contribution in [0.3, 0.4) is 0 Å². The number of benzene rings is 1. The third-order valence-corrected chi connectivity index (χ3v) is 2.86. The predicted octanol–water partition coefficient (Wildman–Crippen LogP) is 4.29. The lowest BCUT2D eigenvalue weighted by atomic mass is 10.1. The lowest BCUT2D eigenvalue weighted by molar-refractivity contribution is -0.138. The molecule has 0 saturated heterocycles. The molecule has 0 aliphatic carbocycles. The molecule has 0 fully saturated rings. The maximum absolute atomic E-state index is 12.9. The molecule has 0 aliphatic heterocycles. The SMILES string of the molecule is O=CCc1cnc(Oc2ccc(Cl)cc2)cc1C(F)(F)F. The number of rotatable bonds is 4. The van der Waals surface area contributed by atoms with Crippen LogP contribution in [0.15, 0.2) is 36.5 Å². The van der Waals surface area contributed by atoms with Gasteiger partial charge in [-0.25, -0.2) is 4.98 Å². The second-order valence-electron chi connectivity index (χ2n) is 4.10. The highest BCUT2D eigenvalue weighted by Crippen LogP contribution is 2.34. The molecule has 0 aliphatic rings. The number of aldehydes is 1. The molecule has 0 unspecified atom stereocenters. The van der Waals surface area contributed by atoms with Crippen molar-refractivity contribution in [3.8, 4) is 11.6 Å². The van der Waals surface area contributed by atoms with E-state index in [1.807, 2.05) is 0 Å². The van der Waals surface area contributed by atoms with Crippen molar-refractivity contribution in [2.45, 2.75) is 12.6 Å². The lowest BCUT2D eigenvalue weighted by Gasteiger charge is -2.13. The maximum atomic E-state index is 12.9. The molecule has 21 heavy (non-hydrogen) atoms. The van der Waals surface area contributed by atoms with Crippen LogP contribution in [0, 0.1) is 0 Å². The van der Waals surface area contributed by atoms with Crippen molar-refractivity contribution in [1.82, 2.24) is 4.98 Å². The third-order valence-electron chi connectivity index (χ3n) is 2.61. The number of aromatic nitrogens is 1. The molecule has 0 N–H and O–H groups in total. The molecule has 110 valence electrons. The number of pyridine rings is 1. The van der Waals surface area contributed by atoms with Crippen molar-refractivity contribution < 1.29 is 22.7 Å². The van der Waals surface area contributed by atoms with Crippen molar-refractivity contribution in [3.63, 3.8) is 0 Å². The molecule has 0 spiro atoms. The van der Waals surface area contributed by atoms with Gasteiger partial charge in [-0.05, 0) is 29.8 Å². The minimum atomic E-state index is -4.58. The van der Waals surface area contributed by atoms with Gasteiger partial charge >= 0.3 is 6.18 Å². The standard InChI is InChI=1S/C14H9ClF3NO2/c15-10-1-3-11(4-2-10)21-13-7-12(14(16,17)18)9(5-6-20)8-19-13/h1-4,6-8H,5H2. The van der Waals surface area contributed by atoms with Gasteiger partial charge in [-0.3, -0.25) is 0 Å². The van der Waals surface area contributed by atoms with Gasteiger partial charge in [-0.15, -0.1) is 0 Å². The van der Waals surface area contributed by atoms with Crippen molar-refractivity contribution >= 4 is 17.9 Å². The molecule has 0 amide bonds. The topological polar surface area (TPSA) is 39.2 Å². The summed E-state index contributed by atoms with van der Waals surface area (Å²) in [6.07, 6.45) is -3.56. The van der Waals surface area contributed by atoms with E-state index in [0.717, 1.165) is 12.3 Å². The van der Waals surface area contributed by atoms with Crippen molar-refractivity contribution in [2.24, 2.45) is 0 Å².